The molecule has 0 aliphatic rings. The molecular weight excluding hydrogens is 576 g/mol. The second-order valence-electron chi connectivity index (χ2n) is 9.34. The number of aromatic nitrogens is 3. The first-order valence-corrected chi connectivity index (χ1v) is 14.3. The number of hydrogen-bond donors (Lipinski definition) is 0. The third kappa shape index (κ3) is 4.46. The van der Waals surface area contributed by atoms with Crippen LogP contribution < -0.4 is 0 Å². The van der Waals surface area contributed by atoms with Gasteiger partial charge in [-0.3, -0.25) is 0 Å². The molecule has 0 spiro atoms. The van der Waals surface area contributed by atoms with Crippen molar-refractivity contribution in [1.29, 1.82) is 0 Å². The van der Waals surface area contributed by atoms with Crippen LogP contribution in [0.2, 0.25) is 0 Å². The van der Waals surface area contributed by atoms with Gasteiger partial charge in [-0.05, 0) is 53.6 Å². The Morgan fingerprint density at radius 3 is 1.82 bits per heavy atom. The van der Waals surface area contributed by atoms with Crippen LogP contribution in [0.25, 0.3) is 70.3 Å². The predicted molar refractivity (Wildman–Crippen MR) is 168 cm³/mol. The fourth-order valence-corrected chi connectivity index (χ4v) is 6.70. The molecule has 7 rings (SSSR count). The SMILES string of the molecule is [C-]#[N+]c1cc(-c2ccc3sc4cccc(Br)c4c3c2)cc(-c2nc(-c3ccccc3)nc(-c3ccccc3)n2)c1. The van der Waals surface area contributed by atoms with Crippen LogP contribution in [0.15, 0.2) is 120 Å². The van der Waals surface area contributed by atoms with E-state index in [0.717, 1.165) is 32.3 Å². The summed E-state index contributed by atoms with van der Waals surface area (Å²) in [6, 6.07) is 38.5. The van der Waals surface area contributed by atoms with Crippen LogP contribution in [-0.2, 0) is 0 Å². The van der Waals surface area contributed by atoms with E-state index in [1.807, 2.05) is 72.8 Å². The Kier molecular flexibility index (Phi) is 6.16. The number of benzene rings is 5. The summed E-state index contributed by atoms with van der Waals surface area (Å²) in [5.74, 6) is 1.72. The summed E-state index contributed by atoms with van der Waals surface area (Å²) in [7, 11) is 0. The monoisotopic (exact) mass is 594 g/mol. The lowest BCUT2D eigenvalue weighted by Crippen LogP contribution is -2.00. The number of nitrogens with zero attached hydrogens (tertiary/aromatic N) is 4. The Morgan fingerprint density at radius 1 is 0.550 bits per heavy atom. The number of fused-ring (bicyclic) bond motifs is 3. The lowest BCUT2D eigenvalue weighted by Gasteiger charge is -2.11. The highest BCUT2D eigenvalue weighted by Gasteiger charge is 2.15. The van der Waals surface area contributed by atoms with Gasteiger partial charge >= 0.3 is 0 Å². The first-order valence-electron chi connectivity index (χ1n) is 12.7. The standard InChI is InChI=1S/C34H19BrN4S/c1-36-26-18-24(23-15-16-29-27(20-23)31-28(35)13-8-14-30(31)40-29)17-25(19-26)34-38-32(21-9-4-2-5-10-21)37-33(39-34)22-11-6-3-7-12-22/h2-20H. The van der Waals surface area contributed by atoms with Gasteiger partial charge in [0.25, 0.3) is 0 Å². The Hall–Kier alpha value is -4.70. The van der Waals surface area contributed by atoms with Crippen LogP contribution >= 0.6 is 27.3 Å². The normalized spacial score (nSPS) is 11.1. The van der Waals surface area contributed by atoms with E-state index >= 15 is 0 Å². The third-order valence-corrected chi connectivity index (χ3v) is 8.58. The zero-order valence-electron chi connectivity index (χ0n) is 21.0. The average molecular weight is 596 g/mol. The molecule has 0 N–H and O–H groups in total. The van der Waals surface area contributed by atoms with E-state index in [1.165, 1.54) is 20.2 Å². The van der Waals surface area contributed by atoms with Crippen molar-refractivity contribution in [1.82, 2.24) is 15.0 Å². The van der Waals surface area contributed by atoms with Crippen molar-refractivity contribution in [3.8, 4) is 45.3 Å². The molecule has 0 amide bonds. The second-order valence-corrected chi connectivity index (χ2v) is 11.3. The van der Waals surface area contributed by atoms with E-state index in [0.29, 0.717) is 23.2 Å². The summed E-state index contributed by atoms with van der Waals surface area (Å²) in [6.45, 7) is 7.83. The largest absolute Gasteiger partial charge is 0.238 e. The maximum absolute atomic E-state index is 7.83. The van der Waals surface area contributed by atoms with Crippen LogP contribution in [0.1, 0.15) is 0 Å². The molecular formula is C34H19BrN4S. The van der Waals surface area contributed by atoms with Crippen molar-refractivity contribution >= 4 is 53.1 Å². The first-order chi connectivity index (χ1) is 19.7. The van der Waals surface area contributed by atoms with Crippen molar-refractivity contribution in [2.24, 2.45) is 0 Å². The summed E-state index contributed by atoms with van der Waals surface area (Å²) in [6.07, 6.45) is 0. The van der Waals surface area contributed by atoms with Crippen LogP contribution in [0.5, 0.6) is 0 Å². The molecule has 5 aromatic carbocycles. The highest BCUT2D eigenvalue weighted by atomic mass is 79.9. The Bertz CT molecular complexity index is 2020. The molecule has 2 heterocycles. The lowest BCUT2D eigenvalue weighted by molar-refractivity contribution is 1.07. The maximum Gasteiger partial charge on any atom is 0.188 e. The van der Waals surface area contributed by atoms with E-state index < -0.39 is 0 Å². The molecule has 0 fully saturated rings. The number of rotatable bonds is 4. The number of thiophene rings is 1. The zero-order valence-corrected chi connectivity index (χ0v) is 23.4. The molecule has 0 bridgehead atoms. The lowest BCUT2D eigenvalue weighted by atomic mass is 9.99. The molecule has 0 saturated heterocycles. The van der Waals surface area contributed by atoms with Crippen LogP contribution in [0.3, 0.4) is 0 Å². The summed E-state index contributed by atoms with van der Waals surface area (Å²) in [4.78, 5) is 18.3. The van der Waals surface area contributed by atoms with Gasteiger partial charge < -0.3 is 0 Å². The highest BCUT2D eigenvalue weighted by Crippen LogP contribution is 2.41. The van der Waals surface area contributed by atoms with Crippen LogP contribution in [-0.4, -0.2) is 15.0 Å². The second kappa shape index (κ2) is 10.1. The third-order valence-electron chi connectivity index (χ3n) is 6.78. The highest BCUT2D eigenvalue weighted by molar-refractivity contribution is 9.10. The molecule has 4 nitrogen and oxygen atoms in total. The van der Waals surface area contributed by atoms with E-state index in [1.54, 1.807) is 11.3 Å². The molecule has 40 heavy (non-hydrogen) atoms. The average Bonchev–Trinajstić information content (AvgIpc) is 3.40. The number of hydrogen-bond acceptors (Lipinski definition) is 4. The van der Waals surface area contributed by atoms with Crippen molar-refractivity contribution in [3.05, 3.63) is 131 Å². The molecule has 0 radical (unpaired) electrons. The molecule has 7 aromatic rings. The fraction of sp³-hybridized carbons (Fsp3) is 0. The van der Waals surface area contributed by atoms with Gasteiger partial charge in [0.15, 0.2) is 23.2 Å². The topological polar surface area (TPSA) is 43.0 Å². The molecule has 0 saturated carbocycles. The summed E-state index contributed by atoms with van der Waals surface area (Å²) < 4.78 is 3.55. The van der Waals surface area contributed by atoms with Crippen LogP contribution in [0.4, 0.5) is 5.69 Å². The van der Waals surface area contributed by atoms with E-state index in [4.69, 9.17) is 21.5 Å². The molecule has 2 aromatic heterocycles. The van der Waals surface area contributed by atoms with Crippen molar-refractivity contribution in [3.63, 3.8) is 0 Å². The zero-order chi connectivity index (χ0) is 27.1. The van der Waals surface area contributed by atoms with Crippen molar-refractivity contribution < 1.29 is 0 Å². The minimum atomic E-state index is 0.532. The van der Waals surface area contributed by atoms with Gasteiger partial charge in [-0.2, -0.15) is 0 Å². The molecule has 188 valence electrons. The van der Waals surface area contributed by atoms with Gasteiger partial charge in [-0.25, -0.2) is 19.8 Å². The quantitative estimate of drug-likeness (QED) is 0.190. The molecule has 0 aliphatic carbocycles. The minimum absolute atomic E-state index is 0.532. The molecule has 6 heteroatoms. The van der Waals surface area contributed by atoms with Gasteiger partial charge in [-0.1, -0.05) is 88.7 Å². The van der Waals surface area contributed by atoms with E-state index in [9.17, 15) is 0 Å². The number of halogens is 1. The summed E-state index contributed by atoms with van der Waals surface area (Å²) >= 11 is 5.52. The van der Waals surface area contributed by atoms with E-state index in [-0.39, 0.29) is 0 Å². The fourth-order valence-electron chi connectivity index (χ4n) is 4.87. The van der Waals surface area contributed by atoms with E-state index in [2.05, 4.69) is 63.2 Å². The summed E-state index contributed by atoms with van der Waals surface area (Å²) in [5, 5.41) is 2.40. The molecule has 0 aliphatic heterocycles. The Morgan fingerprint density at radius 2 is 1.18 bits per heavy atom. The maximum atomic E-state index is 7.83. The molecule has 0 atom stereocenters. The van der Waals surface area contributed by atoms with Crippen LogP contribution in [0, 0.1) is 6.57 Å². The van der Waals surface area contributed by atoms with Gasteiger partial charge in [0.1, 0.15) is 0 Å². The Balaban J connectivity index is 1.42. The smallest absolute Gasteiger partial charge is 0.188 e. The summed E-state index contributed by atoms with van der Waals surface area (Å²) in [5.41, 5.74) is 5.11. The van der Waals surface area contributed by atoms with Gasteiger partial charge in [0.05, 0.1) is 6.57 Å². The predicted octanol–water partition coefficient (Wildman–Crippen LogP) is 10.2. The van der Waals surface area contributed by atoms with Crippen molar-refractivity contribution in [2.45, 2.75) is 0 Å². The molecule has 0 unspecified atom stereocenters. The minimum Gasteiger partial charge on any atom is -0.238 e. The Labute approximate surface area is 243 Å². The van der Waals surface area contributed by atoms with Crippen molar-refractivity contribution in [2.75, 3.05) is 0 Å². The van der Waals surface area contributed by atoms with Gasteiger partial charge in [0.2, 0.25) is 0 Å². The van der Waals surface area contributed by atoms with Gasteiger partial charge in [-0.15, -0.1) is 11.3 Å². The van der Waals surface area contributed by atoms with Gasteiger partial charge in [0, 0.05) is 41.3 Å². The first kappa shape index (κ1) is 24.3.